The Hall–Kier alpha value is -0.0400. The van der Waals surface area contributed by atoms with Gasteiger partial charge in [0.05, 0.1) is 5.75 Å². The van der Waals surface area contributed by atoms with Crippen LogP contribution in [-0.4, -0.2) is 39.3 Å². The molecule has 0 fully saturated rings. The van der Waals surface area contributed by atoms with Crippen molar-refractivity contribution in [1.82, 2.24) is 5.32 Å². The number of rotatable bonds is 7. The van der Waals surface area contributed by atoms with E-state index < -0.39 is 9.84 Å². The van der Waals surface area contributed by atoms with Gasteiger partial charge in [0.2, 0.25) is 0 Å². The Labute approximate surface area is 122 Å². The second-order valence-corrected chi connectivity index (χ2v) is 8.44. The Morgan fingerprint density at radius 1 is 1.44 bits per heavy atom. The fraction of sp³-hybridized carbons (Fsp3) is 0.500. The summed E-state index contributed by atoms with van der Waals surface area (Å²) in [7, 11) is -1.01. The van der Waals surface area contributed by atoms with E-state index in [1.165, 1.54) is 11.2 Å². The quantitative estimate of drug-likeness (QED) is 0.766. The molecule has 1 N–H and O–H groups in total. The lowest BCUT2D eigenvalue weighted by atomic mass is 10.3. The summed E-state index contributed by atoms with van der Waals surface area (Å²) in [5.41, 5.74) is 0. The maximum Gasteiger partial charge on any atom is 0.147 e. The number of hydrogen-bond donors (Lipinski definition) is 1. The van der Waals surface area contributed by atoms with Crippen LogP contribution in [0.25, 0.3) is 0 Å². The van der Waals surface area contributed by atoms with Gasteiger partial charge in [0.25, 0.3) is 0 Å². The van der Waals surface area contributed by atoms with E-state index in [1.54, 1.807) is 11.8 Å². The van der Waals surface area contributed by atoms with E-state index in [2.05, 4.69) is 33.4 Å². The minimum Gasteiger partial charge on any atom is -0.316 e. The molecule has 0 radical (unpaired) electrons. The summed E-state index contributed by atoms with van der Waals surface area (Å²) in [6.07, 6.45) is 1.93. The van der Waals surface area contributed by atoms with Crippen LogP contribution in [0.15, 0.2) is 33.6 Å². The Balaban J connectivity index is 2.44. The molecule has 0 saturated heterocycles. The SMILES string of the molecule is CNC(CCS(C)(=O)=O)CSc1cccc(Br)c1. The van der Waals surface area contributed by atoms with Crippen molar-refractivity contribution >= 4 is 37.5 Å². The maximum atomic E-state index is 11.1. The van der Waals surface area contributed by atoms with Gasteiger partial charge in [-0.05, 0) is 31.7 Å². The van der Waals surface area contributed by atoms with Crippen LogP contribution in [0.3, 0.4) is 0 Å². The van der Waals surface area contributed by atoms with E-state index in [0.717, 1.165) is 10.2 Å². The second kappa shape index (κ2) is 7.53. The third-order valence-corrected chi connectivity index (χ3v) is 5.12. The van der Waals surface area contributed by atoms with Gasteiger partial charge in [0.1, 0.15) is 9.84 Å². The van der Waals surface area contributed by atoms with Gasteiger partial charge in [0, 0.05) is 27.4 Å². The number of halogens is 1. The molecule has 6 heteroatoms. The number of hydrogen-bond acceptors (Lipinski definition) is 4. The zero-order valence-electron chi connectivity index (χ0n) is 10.5. The summed E-state index contributed by atoms with van der Waals surface area (Å²) in [4.78, 5) is 1.18. The molecule has 1 aromatic carbocycles. The highest BCUT2D eigenvalue weighted by molar-refractivity contribution is 9.10. The molecule has 1 aromatic rings. The first-order chi connectivity index (χ1) is 8.40. The Morgan fingerprint density at radius 3 is 2.72 bits per heavy atom. The van der Waals surface area contributed by atoms with E-state index in [9.17, 15) is 8.42 Å². The van der Waals surface area contributed by atoms with Crippen LogP contribution in [0.2, 0.25) is 0 Å². The van der Waals surface area contributed by atoms with Crippen LogP contribution in [-0.2, 0) is 9.84 Å². The number of thioether (sulfide) groups is 1. The molecule has 3 nitrogen and oxygen atoms in total. The van der Waals surface area contributed by atoms with Gasteiger partial charge in [-0.2, -0.15) is 0 Å². The number of nitrogens with one attached hydrogen (secondary N) is 1. The zero-order valence-corrected chi connectivity index (χ0v) is 13.7. The Morgan fingerprint density at radius 2 is 2.17 bits per heavy atom. The average molecular weight is 352 g/mol. The largest absolute Gasteiger partial charge is 0.316 e. The fourth-order valence-corrected chi connectivity index (χ4v) is 3.80. The normalized spacial score (nSPS) is 13.5. The van der Waals surface area contributed by atoms with E-state index >= 15 is 0 Å². The molecule has 0 aliphatic carbocycles. The molecule has 102 valence electrons. The topological polar surface area (TPSA) is 46.2 Å². The highest BCUT2D eigenvalue weighted by Crippen LogP contribution is 2.23. The zero-order chi connectivity index (χ0) is 13.6. The lowest BCUT2D eigenvalue weighted by Crippen LogP contribution is -2.30. The van der Waals surface area contributed by atoms with Crippen LogP contribution in [0.1, 0.15) is 6.42 Å². The molecule has 0 aliphatic heterocycles. The van der Waals surface area contributed by atoms with Gasteiger partial charge < -0.3 is 5.32 Å². The third-order valence-electron chi connectivity index (χ3n) is 2.49. The van der Waals surface area contributed by atoms with Gasteiger partial charge >= 0.3 is 0 Å². The molecule has 1 atom stereocenters. The molecule has 1 unspecified atom stereocenters. The molecule has 0 heterocycles. The third kappa shape index (κ3) is 6.78. The molecular weight excluding hydrogens is 334 g/mol. The molecule has 0 amide bonds. The van der Waals surface area contributed by atoms with Crippen LogP contribution < -0.4 is 5.32 Å². The highest BCUT2D eigenvalue weighted by atomic mass is 79.9. The van der Waals surface area contributed by atoms with Crippen molar-refractivity contribution in [1.29, 1.82) is 0 Å². The van der Waals surface area contributed by atoms with Crippen LogP contribution in [0.4, 0.5) is 0 Å². The van der Waals surface area contributed by atoms with Crippen molar-refractivity contribution < 1.29 is 8.42 Å². The molecule has 0 bridgehead atoms. The van der Waals surface area contributed by atoms with Crippen molar-refractivity contribution in [3.05, 3.63) is 28.7 Å². The van der Waals surface area contributed by atoms with Gasteiger partial charge in [-0.25, -0.2) is 8.42 Å². The molecule has 18 heavy (non-hydrogen) atoms. The standard InChI is InChI=1S/C12H18BrNO2S2/c1-14-11(6-7-18(2,15)16)9-17-12-5-3-4-10(13)8-12/h3-5,8,11,14H,6-7,9H2,1-2H3. The fourth-order valence-electron chi connectivity index (χ4n) is 1.42. The van der Waals surface area contributed by atoms with E-state index in [4.69, 9.17) is 0 Å². The lowest BCUT2D eigenvalue weighted by molar-refractivity contribution is 0.573. The minimum atomic E-state index is -2.88. The monoisotopic (exact) mass is 351 g/mol. The molecule has 0 aromatic heterocycles. The maximum absolute atomic E-state index is 11.1. The second-order valence-electron chi connectivity index (χ2n) is 4.17. The van der Waals surface area contributed by atoms with Crippen molar-refractivity contribution in [2.45, 2.75) is 17.4 Å². The van der Waals surface area contributed by atoms with Crippen molar-refractivity contribution in [3.8, 4) is 0 Å². The summed E-state index contributed by atoms with van der Waals surface area (Å²) in [5.74, 6) is 1.10. The first-order valence-electron chi connectivity index (χ1n) is 5.64. The van der Waals surface area contributed by atoms with Crippen molar-refractivity contribution in [2.75, 3.05) is 24.8 Å². The summed E-state index contributed by atoms with van der Waals surface area (Å²) in [6.45, 7) is 0. The number of benzene rings is 1. The average Bonchev–Trinajstić information content (AvgIpc) is 2.28. The van der Waals surface area contributed by atoms with Crippen LogP contribution >= 0.6 is 27.7 Å². The van der Waals surface area contributed by atoms with Gasteiger partial charge in [-0.1, -0.05) is 22.0 Å². The predicted molar refractivity (Wildman–Crippen MR) is 82.0 cm³/mol. The Kier molecular flexibility index (Phi) is 6.70. The first kappa shape index (κ1) is 16.0. The predicted octanol–water partition coefficient (Wildman–Crippen LogP) is 2.56. The smallest absolute Gasteiger partial charge is 0.147 e. The van der Waals surface area contributed by atoms with Crippen LogP contribution in [0, 0.1) is 0 Å². The molecular formula is C12H18BrNO2S2. The first-order valence-corrected chi connectivity index (χ1v) is 9.48. The van der Waals surface area contributed by atoms with E-state index in [-0.39, 0.29) is 11.8 Å². The summed E-state index contributed by atoms with van der Waals surface area (Å²) in [6, 6.07) is 8.32. The minimum absolute atomic E-state index is 0.212. The summed E-state index contributed by atoms with van der Waals surface area (Å²) in [5, 5.41) is 3.16. The summed E-state index contributed by atoms with van der Waals surface area (Å²) < 4.78 is 23.3. The molecule has 0 saturated carbocycles. The Bertz CT molecular complexity index is 477. The number of sulfone groups is 1. The molecule has 0 spiro atoms. The lowest BCUT2D eigenvalue weighted by Gasteiger charge is -2.15. The molecule has 0 aliphatic rings. The van der Waals surface area contributed by atoms with Gasteiger partial charge in [-0.15, -0.1) is 11.8 Å². The van der Waals surface area contributed by atoms with Gasteiger partial charge in [0.15, 0.2) is 0 Å². The summed E-state index contributed by atoms with van der Waals surface area (Å²) >= 11 is 5.17. The van der Waals surface area contributed by atoms with Gasteiger partial charge in [-0.3, -0.25) is 0 Å². The van der Waals surface area contributed by atoms with Crippen molar-refractivity contribution in [3.63, 3.8) is 0 Å². The van der Waals surface area contributed by atoms with E-state index in [1.807, 2.05) is 19.2 Å². The molecule has 1 rings (SSSR count). The van der Waals surface area contributed by atoms with Crippen molar-refractivity contribution in [2.24, 2.45) is 0 Å². The van der Waals surface area contributed by atoms with E-state index in [0.29, 0.717) is 6.42 Å². The highest BCUT2D eigenvalue weighted by Gasteiger charge is 2.11. The van der Waals surface area contributed by atoms with Crippen LogP contribution in [0.5, 0.6) is 0 Å².